The van der Waals surface area contributed by atoms with E-state index in [0.717, 1.165) is 14.3 Å². The van der Waals surface area contributed by atoms with Crippen molar-refractivity contribution in [1.29, 1.82) is 0 Å². The number of anilines is 1. The third-order valence-corrected chi connectivity index (χ3v) is 6.39. The topological polar surface area (TPSA) is 66.5 Å². The molecule has 0 unspecified atom stereocenters. The fourth-order valence-electron chi connectivity index (χ4n) is 1.92. The van der Waals surface area contributed by atoms with E-state index in [2.05, 4.69) is 21.2 Å². The van der Waals surface area contributed by atoms with Crippen molar-refractivity contribution in [2.45, 2.75) is 11.8 Å². The minimum atomic E-state index is -3.65. The molecule has 2 rings (SSSR count). The molecule has 1 amide bonds. The van der Waals surface area contributed by atoms with Gasteiger partial charge in [0.1, 0.15) is 0 Å². The van der Waals surface area contributed by atoms with Gasteiger partial charge in [-0.2, -0.15) is 0 Å². The Bertz CT molecular complexity index is 898. The fourth-order valence-corrected chi connectivity index (χ4v) is 3.43. The largest absolute Gasteiger partial charge is 0.322 e. The van der Waals surface area contributed by atoms with Gasteiger partial charge in [0, 0.05) is 24.3 Å². The molecule has 24 heavy (non-hydrogen) atoms. The molecule has 2 aromatic carbocycles. The molecule has 1 N–H and O–H groups in total. The number of rotatable bonds is 4. The Balaban J connectivity index is 2.37. The van der Waals surface area contributed by atoms with Gasteiger partial charge in [-0.3, -0.25) is 4.79 Å². The second kappa shape index (κ2) is 7.23. The van der Waals surface area contributed by atoms with Crippen molar-refractivity contribution in [2.75, 3.05) is 19.4 Å². The molecular formula is C16H16BrClN2O3S. The van der Waals surface area contributed by atoms with Crippen LogP contribution in [0.1, 0.15) is 15.9 Å². The Hall–Kier alpha value is -1.41. The second-order valence-electron chi connectivity index (χ2n) is 5.35. The van der Waals surface area contributed by atoms with Crippen molar-refractivity contribution >= 4 is 49.1 Å². The van der Waals surface area contributed by atoms with E-state index in [0.29, 0.717) is 5.69 Å². The van der Waals surface area contributed by atoms with Gasteiger partial charge in [-0.25, -0.2) is 12.7 Å². The number of nitrogens with zero attached hydrogens (tertiary/aromatic N) is 1. The first kappa shape index (κ1) is 18.9. The van der Waals surface area contributed by atoms with Crippen molar-refractivity contribution in [3.05, 3.63) is 57.0 Å². The van der Waals surface area contributed by atoms with E-state index < -0.39 is 15.9 Å². The molecule has 0 aliphatic heterocycles. The van der Waals surface area contributed by atoms with Crippen molar-refractivity contribution in [3.8, 4) is 0 Å². The molecule has 0 bridgehead atoms. The lowest BCUT2D eigenvalue weighted by Gasteiger charge is -2.13. The lowest BCUT2D eigenvalue weighted by Crippen LogP contribution is -2.23. The summed E-state index contributed by atoms with van der Waals surface area (Å²) in [6.07, 6.45) is 0. The smallest absolute Gasteiger partial charge is 0.257 e. The maximum Gasteiger partial charge on any atom is 0.257 e. The first-order valence-electron chi connectivity index (χ1n) is 6.92. The van der Waals surface area contributed by atoms with E-state index in [1.54, 1.807) is 12.1 Å². The number of sulfonamides is 1. The van der Waals surface area contributed by atoms with Gasteiger partial charge >= 0.3 is 0 Å². The number of halogens is 2. The molecule has 0 saturated heterocycles. The standard InChI is InChI=1S/C16H16BrClN2O3S/c1-10-4-5-11(8-14(10)17)19-16(21)13-9-12(6-7-15(13)18)24(22,23)20(2)3/h4-9H,1-3H3,(H,19,21). The average Bonchev–Trinajstić information content (AvgIpc) is 2.51. The predicted molar refractivity (Wildman–Crippen MR) is 99.2 cm³/mol. The SMILES string of the molecule is Cc1ccc(NC(=O)c2cc(S(=O)(=O)N(C)C)ccc2Cl)cc1Br. The van der Waals surface area contributed by atoms with Crippen molar-refractivity contribution in [2.24, 2.45) is 0 Å². The Morgan fingerprint density at radius 2 is 1.83 bits per heavy atom. The van der Waals surface area contributed by atoms with Crippen LogP contribution in [0.15, 0.2) is 45.8 Å². The van der Waals surface area contributed by atoms with Gasteiger partial charge in [-0.1, -0.05) is 33.6 Å². The van der Waals surface area contributed by atoms with Crippen molar-refractivity contribution < 1.29 is 13.2 Å². The summed E-state index contributed by atoms with van der Waals surface area (Å²) in [5.74, 6) is -0.480. The van der Waals surface area contributed by atoms with E-state index >= 15 is 0 Å². The van der Waals surface area contributed by atoms with Gasteiger partial charge in [0.05, 0.1) is 15.5 Å². The van der Waals surface area contributed by atoms with E-state index in [1.165, 1.54) is 32.3 Å². The molecule has 5 nitrogen and oxygen atoms in total. The lowest BCUT2D eigenvalue weighted by atomic mass is 10.2. The normalized spacial score (nSPS) is 11.6. The van der Waals surface area contributed by atoms with Gasteiger partial charge in [0.15, 0.2) is 0 Å². The summed E-state index contributed by atoms with van der Waals surface area (Å²) in [5, 5.41) is 2.89. The zero-order valence-corrected chi connectivity index (χ0v) is 16.5. The zero-order chi connectivity index (χ0) is 18.1. The molecule has 0 atom stereocenters. The van der Waals surface area contributed by atoms with Gasteiger partial charge in [0.25, 0.3) is 5.91 Å². The summed E-state index contributed by atoms with van der Waals surface area (Å²) in [5.41, 5.74) is 1.70. The van der Waals surface area contributed by atoms with Crippen molar-refractivity contribution in [1.82, 2.24) is 4.31 Å². The first-order valence-corrected chi connectivity index (χ1v) is 9.53. The fraction of sp³-hybridized carbons (Fsp3) is 0.188. The Labute approximate surface area is 154 Å². The summed E-state index contributed by atoms with van der Waals surface area (Å²) in [6, 6.07) is 9.42. The van der Waals surface area contributed by atoms with Crippen LogP contribution in [0.4, 0.5) is 5.69 Å². The number of benzene rings is 2. The number of carbonyl (C=O) groups is 1. The summed E-state index contributed by atoms with van der Waals surface area (Å²) < 4.78 is 26.3. The summed E-state index contributed by atoms with van der Waals surface area (Å²) >= 11 is 9.46. The molecular weight excluding hydrogens is 416 g/mol. The van der Waals surface area contributed by atoms with Crippen LogP contribution >= 0.6 is 27.5 Å². The number of hydrogen-bond donors (Lipinski definition) is 1. The van der Waals surface area contributed by atoms with E-state index in [1.807, 2.05) is 13.0 Å². The van der Waals surface area contributed by atoms with Gasteiger partial charge in [0.2, 0.25) is 10.0 Å². The quantitative estimate of drug-likeness (QED) is 0.798. The molecule has 0 fully saturated rings. The lowest BCUT2D eigenvalue weighted by molar-refractivity contribution is 0.102. The van der Waals surface area contributed by atoms with Crippen LogP contribution in [0.5, 0.6) is 0 Å². The molecule has 0 saturated carbocycles. The highest BCUT2D eigenvalue weighted by Gasteiger charge is 2.21. The van der Waals surface area contributed by atoms with Crippen LogP contribution in [0, 0.1) is 6.92 Å². The molecule has 8 heteroatoms. The number of aryl methyl sites for hydroxylation is 1. The number of nitrogens with one attached hydrogen (secondary N) is 1. The van der Waals surface area contributed by atoms with Gasteiger partial charge in [-0.05, 0) is 42.8 Å². The van der Waals surface area contributed by atoms with Crippen LogP contribution in [0.2, 0.25) is 5.02 Å². The Morgan fingerprint density at radius 3 is 2.42 bits per heavy atom. The van der Waals surface area contributed by atoms with Crippen LogP contribution in [0.25, 0.3) is 0 Å². The molecule has 0 heterocycles. The first-order chi connectivity index (χ1) is 11.1. The highest BCUT2D eigenvalue weighted by atomic mass is 79.9. The average molecular weight is 432 g/mol. The Morgan fingerprint density at radius 1 is 1.17 bits per heavy atom. The van der Waals surface area contributed by atoms with Crippen LogP contribution in [0.3, 0.4) is 0 Å². The number of hydrogen-bond acceptors (Lipinski definition) is 3. The van der Waals surface area contributed by atoms with Crippen LogP contribution in [-0.4, -0.2) is 32.7 Å². The Kier molecular flexibility index (Phi) is 5.70. The molecule has 0 aliphatic carbocycles. The molecule has 0 aromatic heterocycles. The minimum absolute atomic E-state index is 0.00661. The maximum atomic E-state index is 12.5. The monoisotopic (exact) mass is 430 g/mol. The number of carbonyl (C=O) groups excluding carboxylic acids is 1. The summed E-state index contributed by atoms with van der Waals surface area (Å²) in [7, 11) is -0.799. The molecule has 128 valence electrons. The minimum Gasteiger partial charge on any atom is -0.322 e. The predicted octanol–water partition coefficient (Wildman–Crippen LogP) is 3.91. The van der Waals surface area contributed by atoms with Gasteiger partial charge < -0.3 is 5.32 Å². The molecule has 0 radical (unpaired) electrons. The molecule has 0 spiro atoms. The maximum absolute atomic E-state index is 12.5. The third-order valence-electron chi connectivity index (χ3n) is 3.39. The molecule has 0 aliphatic rings. The summed E-state index contributed by atoms with van der Waals surface area (Å²) in [6.45, 7) is 1.93. The molecule has 2 aromatic rings. The van der Waals surface area contributed by atoms with E-state index in [4.69, 9.17) is 11.6 Å². The van der Waals surface area contributed by atoms with Crippen molar-refractivity contribution in [3.63, 3.8) is 0 Å². The number of amides is 1. The van der Waals surface area contributed by atoms with Crippen LogP contribution in [-0.2, 0) is 10.0 Å². The van der Waals surface area contributed by atoms with Gasteiger partial charge in [-0.15, -0.1) is 0 Å². The highest BCUT2D eigenvalue weighted by Crippen LogP contribution is 2.25. The highest BCUT2D eigenvalue weighted by molar-refractivity contribution is 9.10. The third kappa shape index (κ3) is 3.97. The summed E-state index contributed by atoms with van der Waals surface area (Å²) in [4.78, 5) is 12.5. The second-order valence-corrected chi connectivity index (χ2v) is 8.76. The van der Waals surface area contributed by atoms with E-state index in [9.17, 15) is 13.2 Å². The zero-order valence-electron chi connectivity index (χ0n) is 13.3. The van der Waals surface area contributed by atoms with Crippen LogP contribution < -0.4 is 5.32 Å². The van der Waals surface area contributed by atoms with E-state index in [-0.39, 0.29) is 15.5 Å².